The summed E-state index contributed by atoms with van der Waals surface area (Å²) in [6, 6.07) is 6.03. The molecule has 0 aliphatic rings. The van der Waals surface area contributed by atoms with Gasteiger partial charge < -0.3 is 15.3 Å². The Kier molecular flexibility index (Phi) is 6.00. The number of anilines is 1. The molecule has 0 heterocycles. The Hall–Kier alpha value is -2.26. The highest BCUT2D eigenvalue weighted by molar-refractivity contribution is 6.33. The zero-order valence-corrected chi connectivity index (χ0v) is 12.5. The van der Waals surface area contributed by atoms with Gasteiger partial charge in [0.2, 0.25) is 0 Å². The molecule has 0 aliphatic heterocycles. The first-order chi connectivity index (χ1) is 9.88. The lowest BCUT2D eigenvalue weighted by Gasteiger charge is -2.23. The summed E-state index contributed by atoms with van der Waals surface area (Å²) >= 11 is 5.96. The molecule has 1 rings (SSSR count). The van der Waals surface area contributed by atoms with Crippen molar-refractivity contribution in [2.24, 2.45) is 5.92 Å². The number of carbonyl (C=O) groups is 2. The van der Waals surface area contributed by atoms with E-state index in [1.807, 2.05) is 6.07 Å². The van der Waals surface area contributed by atoms with Crippen LogP contribution in [0.4, 0.5) is 10.5 Å². The summed E-state index contributed by atoms with van der Waals surface area (Å²) in [5, 5.41) is 20.6. The summed E-state index contributed by atoms with van der Waals surface area (Å²) in [5.74, 6) is -1.64. The van der Waals surface area contributed by atoms with Gasteiger partial charge in [0, 0.05) is 13.1 Å². The van der Waals surface area contributed by atoms with Gasteiger partial charge in [0.15, 0.2) is 0 Å². The van der Waals surface area contributed by atoms with Crippen LogP contribution in [0.25, 0.3) is 0 Å². The van der Waals surface area contributed by atoms with Crippen LogP contribution in [0, 0.1) is 17.2 Å². The molecule has 0 spiro atoms. The molecule has 2 N–H and O–H groups in total. The van der Waals surface area contributed by atoms with E-state index in [1.165, 1.54) is 24.0 Å². The normalized spacial score (nSPS) is 11.3. The van der Waals surface area contributed by atoms with Gasteiger partial charge in [-0.05, 0) is 25.1 Å². The Morgan fingerprint density at radius 2 is 2.19 bits per heavy atom. The van der Waals surface area contributed by atoms with Crippen molar-refractivity contribution in [1.82, 2.24) is 4.90 Å². The number of benzene rings is 1. The summed E-state index contributed by atoms with van der Waals surface area (Å²) in [5.41, 5.74) is 0.693. The van der Waals surface area contributed by atoms with E-state index in [1.54, 1.807) is 13.0 Å². The Balaban J connectivity index is 2.83. The maximum atomic E-state index is 12.1. The summed E-state index contributed by atoms with van der Waals surface area (Å²) in [4.78, 5) is 24.4. The second-order valence-electron chi connectivity index (χ2n) is 4.51. The van der Waals surface area contributed by atoms with E-state index in [0.717, 1.165) is 0 Å². The molecule has 112 valence electrons. The van der Waals surface area contributed by atoms with Crippen LogP contribution < -0.4 is 5.32 Å². The Labute approximate surface area is 127 Å². The van der Waals surface area contributed by atoms with Crippen molar-refractivity contribution >= 4 is 29.3 Å². The molecule has 1 aromatic rings. The molecule has 2 amide bonds. The summed E-state index contributed by atoms with van der Waals surface area (Å²) < 4.78 is 0. The minimum Gasteiger partial charge on any atom is -0.481 e. The van der Waals surface area contributed by atoms with Gasteiger partial charge in [-0.1, -0.05) is 18.5 Å². The van der Waals surface area contributed by atoms with Crippen LogP contribution >= 0.6 is 11.6 Å². The molecule has 21 heavy (non-hydrogen) atoms. The van der Waals surface area contributed by atoms with E-state index in [4.69, 9.17) is 22.0 Å². The molecule has 0 aromatic heterocycles. The quantitative estimate of drug-likeness (QED) is 0.874. The number of hydrogen-bond acceptors (Lipinski definition) is 3. The van der Waals surface area contributed by atoms with E-state index < -0.39 is 17.9 Å². The van der Waals surface area contributed by atoms with E-state index >= 15 is 0 Å². The van der Waals surface area contributed by atoms with Gasteiger partial charge in [-0.25, -0.2) is 4.79 Å². The fourth-order valence-electron chi connectivity index (χ4n) is 1.65. The second kappa shape index (κ2) is 7.50. The smallest absolute Gasteiger partial charge is 0.321 e. The molecule has 6 nitrogen and oxygen atoms in total. The van der Waals surface area contributed by atoms with Crippen LogP contribution in [0.2, 0.25) is 5.02 Å². The zero-order chi connectivity index (χ0) is 16.0. The number of rotatable bonds is 5. The highest BCUT2D eigenvalue weighted by Crippen LogP contribution is 2.23. The summed E-state index contributed by atoms with van der Waals surface area (Å²) in [6.45, 7) is 3.73. The molecule has 0 saturated heterocycles. The fourth-order valence-corrected chi connectivity index (χ4v) is 1.81. The van der Waals surface area contributed by atoms with Gasteiger partial charge in [0.25, 0.3) is 0 Å². The van der Waals surface area contributed by atoms with Gasteiger partial charge in [-0.2, -0.15) is 5.26 Å². The SMILES string of the molecule is CCN(CC(C)C(=O)O)C(=O)Nc1cc(C#N)ccc1Cl. The molecule has 0 aliphatic carbocycles. The van der Waals surface area contributed by atoms with Crippen molar-refractivity contribution in [2.75, 3.05) is 18.4 Å². The number of halogens is 1. The van der Waals surface area contributed by atoms with Crippen molar-refractivity contribution in [3.63, 3.8) is 0 Å². The number of hydrogen-bond donors (Lipinski definition) is 2. The highest BCUT2D eigenvalue weighted by Gasteiger charge is 2.20. The van der Waals surface area contributed by atoms with E-state index in [-0.39, 0.29) is 6.54 Å². The van der Waals surface area contributed by atoms with Gasteiger partial charge in [0.05, 0.1) is 28.3 Å². The first kappa shape index (κ1) is 16.8. The van der Waals surface area contributed by atoms with Crippen molar-refractivity contribution in [3.05, 3.63) is 28.8 Å². The number of carbonyl (C=O) groups excluding carboxylic acids is 1. The number of aliphatic carboxylic acids is 1. The third-order valence-corrected chi connectivity index (χ3v) is 3.25. The lowest BCUT2D eigenvalue weighted by atomic mass is 10.2. The van der Waals surface area contributed by atoms with E-state index in [2.05, 4.69) is 5.32 Å². The summed E-state index contributed by atoms with van der Waals surface area (Å²) in [7, 11) is 0. The maximum Gasteiger partial charge on any atom is 0.321 e. The number of urea groups is 1. The topological polar surface area (TPSA) is 93.4 Å². The predicted octanol–water partition coefficient (Wildman–Crippen LogP) is 2.79. The second-order valence-corrected chi connectivity index (χ2v) is 4.92. The lowest BCUT2D eigenvalue weighted by molar-refractivity contribution is -0.141. The number of nitrogens with one attached hydrogen (secondary N) is 1. The first-order valence-corrected chi connectivity index (χ1v) is 6.75. The molecular formula is C14H16ClN3O3. The molecule has 0 fully saturated rings. The lowest BCUT2D eigenvalue weighted by Crippen LogP contribution is -2.39. The average Bonchev–Trinajstić information content (AvgIpc) is 2.46. The number of nitriles is 1. The van der Waals surface area contributed by atoms with Crippen LogP contribution in [0.5, 0.6) is 0 Å². The molecule has 0 radical (unpaired) electrons. The van der Waals surface area contributed by atoms with Crippen molar-refractivity contribution in [3.8, 4) is 6.07 Å². The van der Waals surface area contributed by atoms with Crippen molar-refractivity contribution < 1.29 is 14.7 Å². The van der Waals surface area contributed by atoms with E-state index in [9.17, 15) is 9.59 Å². The van der Waals surface area contributed by atoms with Gasteiger partial charge in [-0.3, -0.25) is 4.79 Å². The Bertz CT molecular complexity index is 583. The molecule has 0 bridgehead atoms. The van der Waals surface area contributed by atoms with Gasteiger partial charge in [0.1, 0.15) is 0 Å². The number of carboxylic acid groups (broad SMARTS) is 1. The Morgan fingerprint density at radius 3 is 2.71 bits per heavy atom. The minimum atomic E-state index is -0.967. The van der Waals surface area contributed by atoms with Gasteiger partial charge in [-0.15, -0.1) is 0 Å². The standard InChI is InChI=1S/C14H16ClN3O3/c1-3-18(8-9(2)13(19)20)14(21)17-12-6-10(7-16)4-5-11(12)15/h4-6,9H,3,8H2,1-2H3,(H,17,21)(H,19,20). The molecular weight excluding hydrogens is 294 g/mol. The molecule has 1 atom stereocenters. The third-order valence-electron chi connectivity index (χ3n) is 2.92. The molecule has 7 heteroatoms. The zero-order valence-electron chi connectivity index (χ0n) is 11.8. The van der Waals surface area contributed by atoms with Crippen LogP contribution in [-0.2, 0) is 4.79 Å². The monoisotopic (exact) mass is 309 g/mol. The van der Waals surface area contributed by atoms with Crippen molar-refractivity contribution in [1.29, 1.82) is 5.26 Å². The average molecular weight is 310 g/mol. The minimum absolute atomic E-state index is 0.0905. The maximum absolute atomic E-state index is 12.1. The largest absolute Gasteiger partial charge is 0.481 e. The van der Waals surface area contributed by atoms with Gasteiger partial charge >= 0.3 is 12.0 Å². The van der Waals surface area contributed by atoms with Crippen LogP contribution in [0.1, 0.15) is 19.4 Å². The van der Waals surface area contributed by atoms with E-state index in [0.29, 0.717) is 22.8 Å². The highest BCUT2D eigenvalue weighted by atomic mass is 35.5. The number of carboxylic acids is 1. The third kappa shape index (κ3) is 4.65. The van der Waals surface area contributed by atoms with Crippen LogP contribution in [-0.4, -0.2) is 35.1 Å². The van der Waals surface area contributed by atoms with Crippen LogP contribution in [0.15, 0.2) is 18.2 Å². The summed E-state index contributed by atoms with van der Waals surface area (Å²) in [6.07, 6.45) is 0. The fraction of sp³-hybridized carbons (Fsp3) is 0.357. The number of nitrogens with zero attached hydrogens (tertiary/aromatic N) is 2. The predicted molar refractivity (Wildman–Crippen MR) is 79.2 cm³/mol. The molecule has 0 saturated carbocycles. The van der Waals surface area contributed by atoms with Crippen LogP contribution in [0.3, 0.4) is 0 Å². The van der Waals surface area contributed by atoms with Crippen molar-refractivity contribution in [2.45, 2.75) is 13.8 Å². The Morgan fingerprint density at radius 1 is 1.52 bits per heavy atom. The number of amides is 2. The molecule has 1 unspecified atom stereocenters. The first-order valence-electron chi connectivity index (χ1n) is 6.37. The molecule has 1 aromatic carbocycles.